The summed E-state index contributed by atoms with van der Waals surface area (Å²) < 4.78 is 26.5. The molecule has 1 atom stereocenters. The minimum absolute atomic E-state index is 0.167. The number of benzene rings is 1. The van der Waals surface area contributed by atoms with E-state index in [1.165, 1.54) is 0 Å². The van der Waals surface area contributed by atoms with Crippen LogP contribution >= 0.6 is 11.8 Å². The van der Waals surface area contributed by atoms with Crippen LogP contribution in [-0.2, 0) is 4.79 Å². The molecule has 1 aromatic carbocycles. The quantitative estimate of drug-likeness (QED) is 0.856. The maximum atomic E-state index is 13.4. The number of hydrogen-bond donors (Lipinski definition) is 1. The fourth-order valence-electron chi connectivity index (χ4n) is 1.15. The van der Waals surface area contributed by atoms with E-state index in [2.05, 4.69) is 0 Å². The second kappa shape index (κ2) is 5.95. The summed E-state index contributed by atoms with van der Waals surface area (Å²) in [7, 11) is 0. The third kappa shape index (κ3) is 3.29. The third-order valence-corrected chi connectivity index (χ3v) is 3.61. The number of carbonyl (C=O) groups is 2. The lowest BCUT2D eigenvalue weighted by molar-refractivity contribution is -0.114. The van der Waals surface area contributed by atoms with Gasteiger partial charge in [0.25, 0.3) is 0 Å². The van der Waals surface area contributed by atoms with E-state index >= 15 is 0 Å². The Labute approximate surface area is 107 Å². The summed E-state index contributed by atoms with van der Waals surface area (Å²) in [4.78, 5) is 22.2. The predicted octanol–water partition coefficient (Wildman–Crippen LogP) is 3.33. The second-order valence-electron chi connectivity index (χ2n) is 3.80. The van der Waals surface area contributed by atoms with Gasteiger partial charge >= 0.3 is 5.97 Å². The van der Waals surface area contributed by atoms with Crippen LogP contribution in [0.3, 0.4) is 0 Å². The Bertz CT molecular complexity index is 488. The van der Waals surface area contributed by atoms with Gasteiger partial charge in [0.15, 0.2) is 5.12 Å². The van der Waals surface area contributed by atoms with Gasteiger partial charge in [-0.2, -0.15) is 0 Å². The van der Waals surface area contributed by atoms with Crippen LogP contribution in [0.15, 0.2) is 17.0 Å². The average Bonchev–Trinajstić information content (AvgIpc) is 2.30. The molecule has 0 amide bonds. The van der Waals surface area contributed by atoms with Gasteiger partial charge in [-0.25, -0.2) is 13.6 Å². The topological polar surface area (TPSA) is 54.4 Å². The number of rotatable bonds is 4. The van der Waals surface area contributed by atoms with E-state index in [4.69, 9.17) is 5.11 Å². The monoisotopic (exact) mass is 274 g/mol. The van der Waals surface area contributed by atoms with Crippen molar-refractivity contribution in [2.45, 2.75) is 25.2 Å². The molecule has 18 heavy (non-hydrogen) atoms. The number of carbonyl (C=O) groups excluding carboxylic acids is 1. The standard InChI is InChI=1S/C12H12F2O3S/c1-3-6(2)12(17)18-10-4-7(11(15)16)8(13)5-9(10)14/h4-6H,3H2,1-2H3,(H,15,16). The molecule has 0 bridgehead atoms. The molecular formula is C12H12F2O3S. The molecule has 0 aromatic heterocycles. The molecule has 0 fully saturated rings. The van der Waals surface area contributed by atoms with Crippen molar-refractivity contribution in [1.29, 1.82) is 0 Å². The van der Waals surface area contributed by atoms with Crippen LogP contribution in [0.1, 0.15) is 30.6 Å². The molecule has 0 spiro atoms. The van der Waals surface area contributed by atoms with Gasteiger partial charge in [0, 0.05) is 12.0 Å². The highest BCUT2D eigenvalue weighted by Gasteiger charge is 2.19. The van der Waals surface area contributed by atoms with Crippen LogP contribution in [0.5, 0.6) is 0 Å². The van der Waals surface area contributed by atoms with Crippen LogP contribution < -0.4 is 0 Å². The zero-order valence-electron chi connectivity index (χ0n) is 9.87. The molecular weight excluding hydrogens is 262 g/mol. The molecule has 1 aromatic rings. The average molecular weight is 274 g/mol. The second-order valence-corrected chi connectivity index (χ2v) is 4.84. The van der Waals surface area contributed by atoms with E-state index in [9.17, 15) is 18.4 Å². The van der Waals surface area contributed by atoms with E-state index in [0.29, 0.717) is 24.2 Å². The van der Waals surface area contributed by atoms with Gasteiger partial charge in [-0.1, -0.05) is 13.8 Å². The number of carboxylic acids is 1. The van der Waals surface area contributed by atoms with E-state index in [1.54, 1.807) is 6.92 Å². The van der Waals surface area contributed by atoms with Crippen LogP contribution in [0.4, 0.5) is 8.78 Å². The van der Waals surface area contributed by atoms with Crippen molar-refractivity contribution in [3.63, 3.8) is 0 Å². The molecule has 1 rings (SSSR count). The predicted molar refractivity (Wildman–Crippen MR) is 63.6 cm³/mol. The van der Waals surface area contributed by atoms with Crippen LogP contribution in [0.25, 0.3) is 0 Å². The molecule has 1 unspecified atom stereocenters. The summed E-state index contributed by atoms with van der Waals surface area (Å²) in [5, 5.41) is 8.44. The number of hydrogen-bond acceptors (Lipinski definition) is 3. The van der Waals surface area contributed by atoms with Crippen molar-refractivity contribution < 1.29 is 23.5 Å². The van der Waals surface area contributed by atoms with E-state index in [-0.39, 0.29) is 15.9 Å². The van der Waals surface area contributed by atoms with Gasteiger partial charge in [-0.3, -0.25) is 4.79 Å². The van der Waals surface area contributed by atoms with E-state index < -0.39 is 23.2 Å². The highest BCUT2D eigenvalue weighted by atomic mass is 32.2. The SMILES string of the molecule is CCC(C)C(=O)Sc1cc(C(=O)O)c(F)cc1F. The van der Waals surface area contributed by atoms with Crippen molar-refractivity contribution in [3.05, 3.63) is 29.3 Å². The first kappa shape index (κ1) is 14.6. The molecule has 0 saturated carbocycles. The highest BCUT2D eigenvalue weighted by Crippen LogP contribution is 2.28. The highest BCUT2D eigenvalue weighted by molar-refractivity contribution is 8.13. The molecule has 0 radical (unpaired) electrons. The lowest BCUT2D eigenvalue weighted by Crippen LogP contribution is -2.07. The Morgan fingerprint density at radius 1 is 1.33 bits per heavy atom. The molecule has 0 aliphatic heterocycles. The summed E-state index contributed by atoms with van der Waals surface area (Å²) in [6.07, 6.45) is 0.598. The van der Waals surface area contributed by atoms with Gasteiger partial charge in [0.05, 0.1) is 10.5 Å². The Balaban J connectivity index is 3.06. The minimum Gasteiger partial charge on any atom is -0.478 e. The van der Waals surface area contributed by atoms with E-state index in [0.717, 1.165) is 6.07 Å². The number of carboxylic acid groups (broad SMARTS) is 1. The summed E-state index contributed by atoms with van der Waals surface area (Å²) in [6, 6.07) is 1.33. The van der Waals surface area contributed by atoms with Gasteiger partial charge in [0.2, 0.25) is 0 Å². The zero-order chi connectivity index (χ0) is 13.9. The Morgan fingerprint density at radius 3 is 2.44 bits per heavy atom. The van der Waals surface area contributed by atoms with Crippen molar-refractivity contribution in [2.24, 2.45) is 5.92 Å². The smallest absolute Gasteiger partial charge is 0.338 e. The first-order valence-electron chi connectivity index (χ1n) is 5.30. The molecule has 98 valence electrons. The Morgan fingerprint density at radius 2 is 1.94 bits per heavy atom. The Kier molecular flexibility index (Phi) is 4.84. The fraction of sp³-hybridized carbons (Fsp3) is 0.333. The molecule has 1 N–H and O–H groups in total. The molecule has 6 heteroatoms. The zero-order valence-corrected chi connectivity index (χ0v) is 10.7. The van der Waals surface area contributed by atoms with E-state index in [1.807, 2.05) is 6.92 Å². The van der Waals surface area contributed by atoms with Gasteiger partial charge in [-0.15, -0.1) is 0 Å². The van der Waals surface area contributed by atoms with Gasteiger partial charge in [0.1, 0.15) is 11.6 Å². The lowest BCUT2D eigenvalue weighted by Gasteiger charge is -2.08. The summed E-state index contributed by atoms with van der Waals surface area (Å²) in [5.41, 5.74) is -0.643. The molecule has 3 nitrogen and oxygen atoms in total. The normalized spacial score (nSPS) is 12.2. The van der Waals surface area contributed by atoms with Gasteiger partial charge in [-0.05, 0) is 24.2 Å². The summed E-state index contributed by atoms with van der Waals surface area (Å²) in [6.45, 7) is 3.50. The van der Waals surface area contributed by atoms with Crippen LogP contribution in [0, 0.1) is 17.6 Å². The molecule has 0 aliphatic rings. The first-order valence-corrected chi connectivity index (χ1v) is 6.12. The largest absolute Gasteiger partial charge is 0.478 e. The van der Waals surface area contributed by atoms with Crippen molar-refractivity contribution in [2.75, 3.05) is 0 Å². The van der Waals surface area contributed by atoms with Gasteiger partial charge < -0.3 is 5.11 Å². The molecule has 0 heterocycles. The number of thioether (sulfide) groups is 1. The third-order valence-electron chi connectivity index (χ3n) is 2.48. The molecule has 0 aliphatic carbocycles. The van der Waals surface area contributed by atoms with Crippen LogP contribution in [-0.4, -0.2) is 16.2 Å². The van der Waals surface area contributed by atoms with Crippen molar-refractivity contribution in [1.82, 2.24) is 0 Å². The fourth-order valence-corrected chi connectivity index (χ4v) is 2.06. The van der Waals surface area contributed by atoms with Crippen molar-refractivity contribution >= 4 is 22.8 Å². The number of halogens is 2. The maximum absolute atomic E-state index is 13.4. The minimum atomic E-state index is -1.50. The summed E-state index contributed by atoms with van der Waals surface area (Å²) >= 11 is 0.599. The summed E-state index contributed by atoms with van der Waals surface area (Å²) in [5.74, 6) is -3.85. The molecule has 0 saturated heterocycles. The number of aromatic carboxylic acids is 1. The first-order chi connectivity index (χ1) is 8.36. The van der Waals surface area contributed by atoms with Crippen LogP contribution in [0.2, 0.25) is 0 Å². The Hall–Kier alpha value is -1.43. The van der Waals surface area contributed by atoms with Crippen molar-refractivity contribution in [3.8, 4) is 0 Å². The maximum Gasteiger partial charge on any atom is 0.338 e. The lowest BCUT2D eigenvalue weighted by atomic mass is 10.1.